The number of hydrogen-bond acceptors (Lipinski definition) is 3. The molecule has 0 unspecified atom stereocenters. The number of amides is 1. The molecule has 24 heavy (non-hydrogen) atoms. The lowest BCUT2D eigenvalue weighted by Gasteiger charge is -2.08. The molecule has 1 fully saturated rings. The van der Waals surface area contributed by atoms with Gasteiger partial charge in [0.1, 0.15) is 0 Å². The highest BCUT2D eigenvalue weighted by Gasteiger charge is 2.39. The largest absolute Gasteiger partial charge is 0.326 e. The zero-order valence-electron chi connectivity index (χ0n) is 13.6. The van der Waals surface area contributed by atoms with E-state index >= 15 is 0 Å². The third-order valence-corrected chi connectivity index (χ3v) is 5.80. The summed E-state index contributed by atoms with van der Waals surface area (Å²) in [6.45, 7) is 2.05. The second kappa shape index (κ2) is 6.77. The van der Waals surface area contributed by atoms with Crippen LogP contribution in [0.15, 0.2) is 54.6 Å². The Hall–Kier alpha value is -2.14. The van der Waals surface area contributed by atoms with Crippen molar-refractivity contribution in [1.29, 1.82) is 0 Å². The van der Waals surface area contributed by atoms with Gasteiger partial charge in [0, 0.05) is 11.6 Å². The maximum atomic E-state index is 12.4. The maximum Gasteiger partial charge on any atom is 0.227 e. The number of carbonyl (C=O) groups excluding carboxylic acids is 1. The molecule has 0 radical (unpaired) electrons. The summed E-state index contributed by atoms with van der Waals surface area (Å²) in [4.78, 5) is 12.0. The molecule has 3 rings (SSSR count). The first-order chi connectivity index (χ1) is 11.4. The molecule has 2 atom stereocenters. The van der Waals surface area contributed by atoms with Crippen LogP contribution in [0, 0.1) is 11.8 Å². The van der Waals surface area contributed by atoms with E-state index in [1.54, 1.807) is 24.3 Å². The highest BCUT2D eigenvalue weighted by molar-refractivity contribution is 7.89. The first-order valence-corrected chi connectivity index (χ1v) is 9.89. The SMILES string of the molecule is C[C@@H]1C[C@H]1C(=O)Nc1cccc(CS(=O)(=O)Cc2ccccc2)c1. The van der Waals surface area contributed by atoms with Gasteiger partial charge in [-0.3, -0.25) is 4.79 Å². The van der Waals surface area contributed by atoms with Gasteiger partial charge in [-0.2, -0.15) is 0 Å². The van der Waals surface area contributed by atoms with Gasteiger partial charge in [-0.15, -0.1) is 0 Å². The molecule has 0 heterocycles. The molecule has 126 valence electrons. The Bertz CT molecular complexity index is 831. The van der Waals surface area contributed by atoms with Crippen LogP contribution in [0.2, 0.25) is 0 Å². The first-order valence-electron chi connectivity index (χ1n) is 8.07. The normalized spacial score (nSPS) is 19.7. The lowest BCUT2D eigenvalue weighted by atomic mass is 10.2. The molecule has 0 aromatic heterocycles. The number of hydrogen-bond donors (Lipinski definition) is 1. The van der Waals surface area contributed by atoms with Crippen LogP contribution in [-0.4, -0.2) is 14.3 Å². The second-order valence-corrected chi connectivity index (χ2v) is 8.59. The molecule has 4 nitrogen and oxygen atoms in total. The Labute approximate surface area is 142 Å². The summed E-state index contributed by atoms with van der Waals surface area (Å²) in [5.41, 5.74) is 2.13. The topological polar surface area (TPSA) is 63.2 Å². The van der Waals surface area contributed by atoms with Crippen molar-refractivity contribution in [1.82, 2.24) is 0 Å². The van der Waals surface area contributed by atoms with Crippen LogP contribution in [0.5, 0.6) is 0 Å². The number of anilines is 1. The van der Waals surface area contributed by atoms with Crippen LogP contribution in [0.1, 0.15) is 24.5 Å². The number of carbonyl (C=O) groups is 1. The lowest BCUT2D eigenvalue weighted by molar-refractivity contribution is -0.117. The van der Waals surface area contributed by atoms with Gasteiger partial charge in [-0.1, -0.05) is 49.4 Å². The van der Waals surface area contributed by atoms with Gasteiger partial charge in [0.05, 0.1) is 11.5 Å². The average molecular weight is 343 g/mol. The highest BCUT2D eigenvalue weighted by Crippen LogP contribution is 2.38. The molecule has 1 saturated carbocycles. The number of sulfone groups is 1. The smallest absolute Gasteiger partial charge is 0.227 e. The van der Waals surface area contributed by atoms with Gasteiger partial charge < -0.3 is 5.32 Å². The van der Waals surface area contributed by atoms with Crippen molar-refractivity contribution >= 4 is 21.4 Å². The Kier molecular flexibility index (Phi) is 4.71. The van der Waals surface area contributed by atoms with Gasteiger partial charge in [-0.05, 0) is 35.6 Å². The third kappa shape index (κ3) is 4.45. The van der Waals surface area contributed by atoms with Crippen molar-refractivity contribution in [2.75, 3.05) is 5.32 Å². The summed E-state index contributed by atoms with van der Waals surface area (Å²) in [6, 6.07) is 16.2. The number of benzene rings is 2. The summed E-state index contributed by atoms with van der Waals surface area (Å²) >= 11 is 0. The van der Waals surface area contributed by atoms with Gasteiger partial charge in [-0.25, -0.2) is 8.42 Å². The third-order valence-electron chi connectivity index (χ3n) is 4.26. The molecule has 1 aliphatic carbocycles. The fourth-order valence-electron chi connectivity index (χ4n) is 2.79. The van der Waals surface area contributed by atoms with E-state index in [2.05, 4.69) is 12.2 Å². The van der Waals surface area contributed by atoms with Gasteiger partial charge in [0.2, 0.25) is 5.91 Å². The average Bonchev–Trinajstić information content (AvgIpc) is 3.25. The Morgan fingerprint density at radius 2 is 1.67 bits per heavy atom. The highest BCUT2D eigenvalue weighted by atomic mass is 32.2. The van der Waals surface area contributed by atoms with E-state index in [1.807, 2.05) is 30.3 Å². The van der Waals surface area contributed by atoms with E-state index < -0.39 is 9.84 Å². The molecule has 1 amide bonds. The van der Waals surface area contributed by atoms with Crippen molar-refractivity contribution in [2.24, 2.45) is 11.8 Å². The minimum Gasteiger partial charge on any atom is -0.326 e. The van der Waals surface area contributed by atoms with E-state index in [1.165, 1.54) is 0 Å². The fourth-order valence-corrected chi connectivity index (χ4v) is 4.28. The summed E-state index contributed by atoms with van der Waals surface area (Å²) < 4.78 is 24.8. The van der Waals surface area contributed by atoms with E-state index in [0.29, 0.717) is 17.2 Å². The molecule has 0 aliphatic heterocycles. The standard InChI is InChI=1S/C19H21NO3S/c1-14-10-18(14)19(21)20-17-9-5-8-16(11-17)13-24(22,23)12-15-6-3-2-4-7-15/h2-9,11,14,18H,10,12-13H2,1H3,(H,20,21)/t14-,18-/m1/s1. The molecule has 1 N–H and O–H groups in total. The van der Waals surface area contributed by atoms with Crippen LogP contribution < -0.4 is 5.32 Å². The van der Waals surface area contributed by atoms with Gasteiger partial charge in [0.25, 0.3) is 0 Å². The fraction of sp³-hybridized carbons (Fsp3) is 0.316. The minimum absolute atomic E-state index is 0.0179. The van der Waals surface area contributed by atoms with Crippen molar-refractivity contribution in [3.63, 3.8) is 0 Å². The quantitative estimate of drug-likeness (QED) is 0.874. The van der Waals surface area contributed by atoms with E-state index in [0.717, 1.165) is 12.0 Å². The number of rotatable bonds is 6. The summed E-state index contributed by atoms with van der Waals surface area (Å²) in [6.07, 6.45) is 0.928. The molecule has 0 spiro atoms. The summed E-state index contributed by atoms with van der Waals surface area (Å²) in [7, 11) is -3.26. The van der Waals surface area contributed by atoms with Crippen molar-refractivity contribution in [3.05, 3.63) is 65.7 Å². The maximum absolute atomic E-state index is 12.4. The Morgan fingerprint density at radius 3 is 2.33 bits per heavy atom. The molecule has 1 aliphatic rings. The summed E-state index contributed by atoms with van der Waals surface area (Å²) in [5, 5.41) is 2.88. The first kappa shape index (κ1) is 16.7. The zero-order valence-corrected chi connectivity index (χ0v) is 14.4. The second-order valence-electron chi connectivity index (χ2n) is 6.53. The predicted molar refractivity (Wildman–Crippen MR) is 95.1 cm³/mol. The molecule has 2 aromatic rings. The van der Waals surface area contributed by atoms with Crippen LogP contribution in [0.25, 0.3) is 0 Å². The van der Waals surface area contributed by atoms with Crippen LogP contribution in [0.3, 0.4) is 0 Å². The monoisotopic (exact) mass is 343 g/mol. The van der Waals surface area contributed by atoms with Crippen LogP contribution in [0.4, 0.5) is 5.69 Å². The molecule has 0 bridgehead atoms. The minimum atomic E-state index is -3.26. The Balaban J connectivity index is 1.66. The summed E-state index contributed by atoms with van der Waals surface area (Å²) in [5.74, 6) is 0.539. The predicted octanol–water partition coefficient (Wildman–Crippen LogP) is 3.40. The molecular formula is C19H21NO3S. The van der Waals surface area contributed by atoms with E-state index in [9.17, 15) is 13.2 Å². The van der Waals surface area contributed by atoms with E-state index in [4.69, 9.17) is 0 Å². The number of nitrogens with one attached hydrogen (secondary N) is 1. The lowest BCUT2D eigenvalue weighted by Crippen LogP contribution is -2.14. The molecule has 2 aromatic carbocycles. The van der Waals surface area contributed by atoms with E-state index in [-0.39, 0.29) is 23.3 Å². The molecular weight excluding hydrogens is 322 g/mol. The molecule has 5 heteroatoms. The van der Waals surface area contributed by atoms with Crippen LogP contribution >= 0.6 is 0 Å². The van der Waals surface area contributed by atoms with Gasteiger partial charge in [0.15, 0.2) is 9.84 Å². The zero-order chi connectivity index (χ0) is 17.2. The van der Waals surface area contributed by atoms with Gasteiger partial charge >= 0.3 is 0 Å². The molecule has 0 saturated heterocycles. The van der Waals surface area contributed by atoms with Crippen molar-refractivity contribution < 1.29 is 13.2 Å². The Morgan fingerprint density at radius 1 is 1.04 bits per heavy atom. The van der Waals surface area contributed by atoms with Crippen molar-refractivity contribution in [2.45, 2.75) is 24.9 Å². The van der Waals surface area contributed by atoms with Crippen LogP contribution in [-0.2, 0) is 26.1 Å². The van der Waals surface area contributed by atoms with Crippen molar-refractivity contribution in [3.8, 4) is 0 Å².